The van der Waals surface area contributed by atoms with Crippen LogP contribution >= 0.6 is 24.0 Å². The molecule has 1 saturated heterocycles. The molecule has 2 atom stereocenters. The highest BCUT2D eigenvalue weighted by atomic mass is 127. The molecule has 144 valence electrons. The highest BCUT2D eigenvalue weighted by Crippen LogP contribution is 2.18. The Morgan fingerprint density at radius 2 is 2.00 bits per heavy atom. The molecule has 2 unspecified atom stereocenters. The summed E-state index contributed by atoms with van der Waals surface area (Å²) in [5.74, 6) is 1.92. The molecule has 1 aromatic carbocycles. The van der Waals surface area contributed by atoms with Gasteiger partial charge in [0.25, 0.3) is 0 Å². The molecule has 0 amide bonds. The summed E-state index contributed by atoms with van der Waals surface area (Å²) in [6, 6.07) is 10.7. The zero-order chi connectivity index (χ0) is 17.5. The van der Waals surface area contributed by atoms with E-state index in [0.717, 1.165) is 50.9 Å². The summed E-state index contributed by atoms with van der Waals surface area (Å²) in [5, 5.41) is 3.51. The second-order valence-corrected chi connectivity index (χ2v) is 6.70. The van der Waals surface area contributed by atoms with Crippen LogP contribution in [0, 0.1) is 0 Å². The Morgan fingerprint density at radius 1 is 1.27 bits per heavy atom. The molecule has 2 aliphatic rings. The standard InChI is InChI=1S/C20H30N4O.HI/c1-3-18(25-19-9-5-4-6-10-19)15-22-20(21-2)24-14-11-17(16-24)23-12-7-8-13-23;/h4-10,17-18H,3,11-16H2,1-2H3,(H,21,22);1H. The zero-order valence-corrected chi connectivity index (χ0v) is 18.1. The maximum Gasteiger partial charge on any atom is 0.193 e. The Balaban J connectivity index is 0.00000243. The lowest BCUT2D eigenvalue weighted by Gasteiger charge is -2.26. The molecular weight excluding hydrogens is 439 g/mol. The predicted molar refractivity (Wildman–Crippen MR) is 119 cm³/mol. The van der Waals surface area contributed by atoms with Crippen molar-refractivity contribution >= 4 is 29.9 Å². The minimum atomic E-state index is 0. The summed E-state index contributed by atoms with van der Waals surface area (Å²) in [6.07, 6.45) is 6.84. The van der Waals surface area contributed by atoms with Crippen LogP contribution in [0.3, 0.4) is 0 Å². The second kappa shape index (κ2) is 10.8. The number of aliphatic imine (C=N–C) groups is 1. The van der Waals surface area contributed by atoms with E-state index in [4.69, 9.17) is 4.74 Å². The van der Waals surface area contributed by atoms with E-state index in [1.807, 2.05) is 37.4 Å². The largest absolute Gasteiger partial charge is 0.489 e. The molecule has 5 nitrogen and oxygen atoms in total. The number of nitrogens with one attached hydrogen (secondary N) is 1. The summed E-state index contributed by atoms with van der Waals surface area (Å²) in [5.41, 5.74) is 0. The first-order valence-corrected chi connectivity index (χ1v) is 9.36. The number of benzene rings is 1. The van der Waals surface area contributed by atoms with E-state index in [1.165, 1.54) is 6.42 Å². The van der Waals surface area contributed by atoms with Crippen LogP contribution in [0.5, 0.6) is 5.75 Å². The summed E-state index contributed by atoms with van der Waals surface area (Å²) >= 11 is 0. The van der Waals surface area contributed by atoms with E-state index >= 15 is 0 Å². The van der Waals surface area contributed by atoms with Gasteiger partial charge in [-0.05, 0) is 25.0 Å². The van der Waals surface area contributed by atoms with E-state index in [9.17, 15) is 0 Å². The number of likely N-dealkylation sites (tertiary alicyclic amines) is 1. The van der Waals surface area contributed by atoms with E-state index in [0.29, 0.717) is 6.04 Å². The second-order valence-electron chi connectivity index (χ2n) is 6.70. The third-order valence-electron chi connectivity index (χ3n) is 5.03. The highest BCUT2D eigenvalue weighted by molar-refractivity contribution is 14.0. The fourth-order valence-corrected chi connectivity index (χ4v) is 3.52. The van der Waals surface area contributed by atoms with Crippen molar-refractivity contribution in [3.63, 3.8) is 0 Å². The molecule has 2 aliphatic heterocycles. The van der Waals surface area contributed by atoms with E-state index < -0.39 is 0 Å². The van der Waals surface area contributed by atoms with Crippen LogP contribution in [0.25, 0.3) is 0 Å². The van der Waals surface area contributed by atoms with Gasteiger partial charge in [0.15, 0.2) is 5.96 Å². The Morgan fingerprint density at radius 3 is 2.65 bits per heavy atom. The van der Waals surface area contributed by atoms with Crippen molar-refractivity contribution in [2.75, 3.05) is 39.8 Å². The molecule has 0 saturated carbocycles. The van der Waals surface area contributed by atoms with Gasteiger partial charge in [0.2, 0.25) is 0 Å². The molecule has 1 fully saturated rings. The monoisotopic (exact) mass is 470 g/mol. The van der Waals surface area contributed by atoms with Crippen LogP contribution in [0.2, 0.25) is 0 Å². The van der Waals surface area contributed by atoms with Gasteiger partial charge < -0.3 is 15.0 Å². The van der Waals surface area contributed by atoms with Crippen molar-refractivity contribution in [3.05, 3.63) is 42.5 Å². The molecule has 1 N–H and O–H groups in total. The Kier molecular flexibility index (Phi) is 8.71. The van der Waals surface area contributed by atoms with Gasteiger partial charge in [-0.2, -0.15) is 0 Å². The number of para-hydroxylation sites is 1. The van der Waals surface area contributed by atoms with Crippen molar-refractivity contribution in [2.45, 2.75) is 31.9 Å². The Bertz CT molecular complexity index is 585. The molecule has 6 heteroatoms. The van der Waals surface area contributed by atoms with Crippen molar-refractivity contribution < 1.29 is 4.74 Å². The molecule has 2 heterocycles. The van der Waals surface area contributed by atoms with Crippen molar-refractivity contribution in [1.29, 1.82) is 0 Å². The zero-order valence-electron chi connectivity index (χ0n) is 15.8. The maximum absolute atomic E-state index is 6.07. The van der Waals surface area contributed by atoms with Gasteiger partial charge >= 0.3 is 0 Å². The van der Waals surface area contributed by atoms with Crippen molar-refractivity contribution in [2.24, 2.45) is 4.99 Å². The smallest absolute Gasteiger partial charge is 0.193 e. The lowest BCUT2D eigenvalue weighted by Crippen LogP contribution is -2.45. The maximum atomic E-state index is 6.07. The summed E-state index contributed by atoms with van der Waals surface area (Å²) in [7, 11) is 1.87. The van der Waals surface area contributed by atoms with Crippen LogP contribution in [-0.2, 0) is 0 Å². The third-order valence-corrected chi connectivity index (χ3v) is 5.03. The van der Waals surface area contributed by atoms with Gasteiger partial charge in [0.05, 0.1) is 6.54 Å². The van der Waals surface area contributed by atoms with Crippen LogP contribution in [0.4, 0.5) is 0 Å². The highest BCUT2D eigenvalue weighted by Gasteiger charge is 2.29. The number of halogens is 1. The van der Waals surface area contributed by atoms with E-state index in [-0.39, 0.29) is 30.1 Å². The fourth-order valence-electron chi connectivity index (χ4n) is 3.52. The van der Waals surface area contributed by atoms with Gasteiger partial charge in [0, 0.05) is 39.3 Å². The molecule has 0 bridgehead atoms. The summed E-state index contributed by atoms with van der Waals surface area (Å²) in [4.78, 5) is 9.40. The van der Waals surface area contributed by atoms with Gasteiger partial charge in [-0.15, -0.1) is 24.0 Å². The molecule has 0 spiro atoms. The molecule has 0 aliphatic carbocycles. The Labute approximate surface area is 174 Å². The molecule has 1 aromatic rings. The van der Waals surface area contributed by atoms with E-state index in [1.54, 1.807) is 0 Å². The van der Waals surface area contributed by atoms with Gasteiger partial charge in [0.1, 0.15) is 11.9 Å². The average Bonchev–Trinajstić information content (AvgIpc) is 3.33. The molecule has 0 radical (unpaired) electrons. The van der Waals surface area contributed by atoms with Gasteiger partial charge in [-0.25, -0.2) is 0 Å². The number of ether oxygens (including phenoxy) is 1. The summed E-state index contributed by atoms with van der Waals surface area (Å²) in [6.45, 7) is 7.23. The average molecular weight is 470 g/mol. The summed E-state index contributed by atoms with van der Waals surface area (Å²) < 4.78 is 6.07. The molecule has 0 aromatic heterocycles. The predicted octanol–water partition coefficient (Wildman–Crippen LogP) is 2.98. The molecule has 3 rings (SSSR count). The minimum Gasteiger partial charge on any atom is -0.489 e. The molecular formula is C20H31IN4O. The Hall–Kier alpha value is -1.28. The van der Waals surface area contributed by atoms with Crippen LogP contribution in [-0.4, -0.2) is 67.7 Å². The number of guanidine groups is 1. The number of rotatable bonds is 6. The third kappa shape index (κ3) is 5.61. The minimum absolute atomic E-state index is 0. The fraction of sp³-hybridized carbons (Fsp3) is 0.550. The van der Waals surface area contributed by atoms with Gasteiger partial charge in [-0.3, -0.25) is 9.89 Å². The SMILES string of the molecule is CCC(CNC(=NC)N1CCC(N2CC=CC2)C1)Oc1ccccc1.I. The lowest BCUT2D eigenvalue weighted by atomic mass is 10.2. The van der Waals surface area contributed by atoms with Crippen LogP contribution in [0.15, 0.2) is 47.5 Å². The number of nitrogens with zero attached hydrogens (tertiary/aromatic N) is 3. The topological polar surface area (TPSA) is 40.1 Å². The van der Waals surface area contributed by atoms with Crippen LogP contribution in [0.1, 0.15) is 19.8 Å². The number of hydrogen-bond donors (Lipinski definition) is 1. The first-order chi connectivity index (χ1) is 12.3. The van der Waals surface area contributed by atoms with Gasteiger partial charge in [-0.1, -0.05) is 37.3 Å². The number of hydrogen-bond acceptors (Lipinski definition) is 3. The van der Waals surface area contributed by atoms with Crippen molar-refractivity contribution in [1.82, 2.24) is 15.1 Å². The lowest BCUT2D eigenvalue weighted by molar-refractivity contribution is 0.198. The molecule has 26 heavy (non-hydrogen) atoms. The quantitative estimate of drug-likeness (QED) is 0.301. The first-order valence-electron chi connectivity index (χ1n) is 9.36. The van der Waals surface area contributed by atoms with Crippen LogP contribution < -0.4 is 10.1 Å². The first kappa shape index (κ1) is 21.0. The normalized spacial score (nSPS) is 21.5. The van der Waals surface area contributed by atoms with Crippen molar-refractivity contribution in [3.8, 4) is 5.75 Å². The van der Waals surface area contributed by atoms with E-state index in [2.05, 4.69) is 39.2 Å².